The van der Waals surface area contributed by atoms with Crippen LogP contribution in [0.3, 0.4) is 0 Å². The van der Waals surface area contributed by atoms with Gasteiger partial charge in [0.25, 0.3) is 5.56 Å². The van der Waals surface area contributed by atoms with E-state index < -0.39 is 0 Å². The molecule has 9 heteroatoms. The summed E-state index contributed by atoms with van der Waals surface area (Å²) in [5.41, 5.74) is 1.13. The maximum Gasteiger partial charge on any atom is 0.262 e. The van der Waals surface area contributed by atoms with Gasteiger partial charge in [-0.15, -0.1) is 0 Å². The van der Waals surface area contributed by atoms with Crippen molar-refractivity contribution in [1.29, 1.82) is 0 Å². The number of benzene rings is 1. The predicted molar refractivity (Wildman–Crippen MR) is 102 cm³/mol. The molecule has 0 aliphatic rings. The number of aryl methyl sites for hydroxylation is 1. The SMILES string of the molecule is CCCc1noc(C(C)Sc2nc3c(cnn3-c3ccccc3)c(=O)[nH]2)n1. The summed E-state index contributed by atoms with van der Waals surface area (Å²) >= 11 is 1.36. The van der Waals surface area contributed by atoms with Crippen LogP contribution in [0.15, 0.2) is 51.0 Å². The van der Waals surface area contributed by atoms with Crippen molar-refractivity contribution in [3.05, 3.63) is 58.6 Å². The minimum Gasteiger partial charge on any atom is -0.338 e. The Morgan fingerprint density at radius 1 is 1.26 bits per heavy atom. The van der Waals surface area contributed by atoms with Crippen molar-refractivity contribution in [2.75, 3.05) is 0 Å². The van der Waals surface area contributed by atoms with Crippen LogP contribution < -0.4 is 5.56 Å². The highest BCUT2D eigenvalue weighted by atomic mass is 32.2. The fourth-order valence-electron chi connectivity index (χ4n) is 2.69. The van der Waals surface area contributed by atoms with Gasteiger partial charge in [-0.25, -0.2) is 9.67 Å². The number of hydrogen-bond acceptors (Lipinski definition) is 7. The van der Waals surface area contributed by atoms with E-state index in [4.69, 9.17) is 4.52 Å². The van der Waals surface area contributed by atoms with E-state index in [-0.39, 0.29) is 10.8 Å². The molecule has 4 aromatic rings. The zero-order valence-electron chi connectivity index (χ0n) is 14.9. The van der Waals surface area contributed by atoms with E-state index in [0.717, 1.165) is 18.5 Å². The van der Waals surface area contributed by atoms with Gasteiger partial charge in [0.1, 0.15) is 5.39 Å². The lowest BCUT2D eigenvalue weighted by atomic mass is 10.3. The molecule has 0 saturated heterocycles. The van der Waals surface area contributed by atoms with E-state index in [1.54, 1.807) is 4.68 Å². The summed E-state index contributed by atoms with van der Waals surface area (Å²) in [5.74, 6) is 1.21. The topological polar surface area (TPSA) is 102 Å². The van der Waals surface area contributed by atoms with Crippen LogP contribution in [-0.2, 0) is 6.42 Å². The number of rotatable bonds is 6. The molecule has 0 spiro atoms. The molecule has 4 rings (SSSR count). The molecule has 0 radical (unpaired) electrons. The molecule has 27 heavy (non-hydrogen) atoms. The molecule has 8 nitrogen and oxygen atoms in total. The first-order valence-corrected chi connectivity index (χ1v) is 9.56. The predicted octanol–water partition coefficient (Wildman–Crippen LogP) is 3.30. The first-order valence-electron chi connectivity index (χ1n) is 8.68. The number of nitrogens with zero attached hydrogens (tertiary/aromatic N) is 5. The number of aromatic nitrogens is 6. The minimum atomic E-state index is -0.228. The number of nitrogens with one attached hydrogen (secondary N) is 1. The van der Waals surface area contributed by atoms with Crippen molar-refractivity contribution in [3.63, 3.8) is 0 Å². The van der Waals surface area contributed by atoms with Crippen molar-refractivity contribution in [2.24, 2.45) is 0 Å². The van der Waals surface area contributed by atoms with Gasteiger partial charge in [-0.05, 0) is 25.5 Å². The van der Waals surface area contributed by atoms with Gasteiger partial charge in [0, 0.05) is 6.42 Å². The summed E-state index contributed by atoms with van der Waals surface area (Å²) in [4.78, 5) is 24.2. The lowest BCUT2D eigenvalue weighted by Crippen LogP contribution is -2.10. The number of para-hydroxylation sites is 1. The summed E-state index contributed by atoms with van der Waals surface area (Å²) in [5, 5.41) is 9.07. The second-order valence-corrected chi connectivity index (χ2v) is 7.39. The van der Waals surface area contributed by atoms with Gasteiger partial charge in [-0.2, -0.15) is 10.1 Å². The molecule has 0 aliphatic heterocycles. The van der Waals surface area contributed by atoms with Crippen LogP contribution in [0.4, 0.5) is 0 Å². The standard InChI is InChI=1S/C18H18N6O2S/c1-3-7-14-20-17(26-23-14)11(2)27-18-21-15-13(16(25)22-18)10-19-24(15)12-8-5-4-6-9-12/h4-6,8-11H,3,7H2,1-2H3,(H,21,22,25). The molecule has 3 heterocycles. The Balaban J connectivity index is 1.66. The van der Waals surface area contributed by atoms with Crippen LogP contribution in [-0.4, -0.2) is 29.9 Å². The molecule has 1 N–H and O–H groups in total. The largest absolute Gasteiger partial charge is 0.338 e. The summed E-state index contributed by atoms with van der Waals surface area (Å²) in [6.45, 7) is 4.00. The molecule has 1 aromatic carbocycles. The Morgan fingerprint density at radius 2 is 2.07 bits per heavy atom. The normalized spacial score (nSPS) is 12.5. The monoisotopic (exact) mass is 382 g/mol. The molecule has 0 saturated carbocycles. The maximum absolute atomic E-state index is 12.4. The Morgan fingerprint density at radius 3 is 2.85 bits per heavy atom. The maximum atomic E-state index is 12.4. The molecule has 1 atom stereocenters. The van der Waals surface area contributed by atoms with Crippen molar-refractivity contribution in [1.82, 2.24) is 29.9 Å². The van der Waals surface area contributed by atoms with Crippen molar-refractivity contribution >= 4 is 22.8 Å². The zero-order chi connectivity index (χ0) is 18.8. The van der Waals surface area contributed by atoms with Crippen LogP contribution >= 0.6 is 11.8 Å². The van der Waals surface area contributed by atoms with E-state index in [1.807, 2.05) is 37.3 Å². The van der Waals surface area contributed by atoms with E-state index in [1.165, 1.54) is 18.0 Å². The average Bonchev–Trinajstić information content (AvgIpc) is 3.30. The van der Waals surface area contributed by atoms with Crippen LogP contribution in [0.25, 0.3) is 16.7 Å². The van der Waals surface area contributed by atoms with Crippen LogP contribution in [0, 0.1) is 0 Å². The highest BCUT2D eigenvalue weighted by Gasteiger charge is 2.18. The zero-order valence-corrected chi connectivity index (χ0v) is 15.7. The van der Waals surface area contributed by atoms with Crippen molar-refractivity contribution in [2.45, 2.75) is 37.1 Å². The van der Waals surface area contributed by atoms with Gasteiger partial charge in [-0.3, -0.25) is 4.79 Å². The minimum absolute atomic E-state index is 0.142. The van der Waals surface area contributed by atoms with Crippen LogP contribution in [0.5, 0.6) is 0 Å². The fourth-order valence-corrected chi connectivity index (χ4v) is 3.51. The third-order valence-electron chi connectivity index (χ3n) is 4.01. The summed E-state index contributed by atoms with van der Waals surface area (Å²) < 4.78 is 6.99. The van der Waals surface area contributed by atoms with E-state index in [0.29, 0.717) is 27.9 Å². The number of thioether (sulfide) groups is 1. The molecular formula is C18H18N6O2S. The summed E-state index contributed by atoms with van der Waals surface area (Å²) in [6.07, 6.45) is 3.26. The van der Waals surface area contributed by atoms with E-state index >= 15 is 0 Å². The quantitative estimate of drug-likeness (QED) is 0.403. The van der Waals surface area contributed by atoms with Gasteiger partial charge in [0.15, 0.2) is 16.6 Å². The Hall–Kier alpha value is -2.94. The summed E-state index contributed by atoms with van der Waals surface area (Å²) in [7, 11) is 0. The van der Waals surface area contributed by atoms with E-state index in [2.05, 4.69) is 32.1 Å². The molecule has 0 aliphatic carbocycles. The highest BCUT2D eigenvalue weighted by Crippen LogP contribution is 2.32. The average molecular weight is 382 g/mol. The van der Waals surface area contributed by atoms with Gasteiger partial charge in [0.2, 0.25) is 5.89 Å². The van der Waals surface area contributed by atoms with Crippen molar-refractivity contribution < 1.29 is 4.52 Å². The number of aromatic amines is 1. The number of hydrogen-bond donors (Lipinski definition) is 1. The Kier molecular flexibility index (Phi) is 4.76. The second-order valence-electron chi connectivity index (χ2n) is 6.06. The lowest BCUT2D eigenvalue weighted by Gasteiger charge is -2.07. The Labute approximate surface area is 159 Å². The lowest BCUT2D eigenvalue weighted by molar-refractivity contribution is 0.374. The van der Waals surface area contributed by atoms with Gasteiger partial charge < -0.3 is 9.51 Å². The number of fused-ring (bicyclic) bond motifs is 1. The first-order chi connectivity index (χ1) is 13.2. The van der Waals surface area contributed by atoms with Gasteiger partial charge in [0.05, 0.1) is 17.1 Å². The molecular weight excluding hydrogens is 364 g/mol. The molecule has 3 aromatic heterocycles. The van der Waals surface area contributed by atoms with Crippen molar-refractivity contribution in [3.8, 4) is 5.69 Å². The smallest absolute Gasteiger partial charge is 0.262 e. The first kappa shape index (κ1) is 17.5. The van der Waals surface area contributed by atoms with Crippen LogP contribution in [0.2, 0.25) is 0 Å². The summed E-state index contributed by atoms with van der Waals surface area (Å²) in [6, 6.07) is 9.58. The van der Waals surface area contributed by atoms with E-state index in [9.17, 15) is 4.79 Å². The third-order valence-corrected chi connectivity index (χ3v) is 4.98. The molecule has 0 bridgehead atoms. The molecule has 1 unspecified atom stereocenters. The van der Waals surface area contributed by atoms with Gasteiger partial charge >= 0.3 is 0 Å². The van der Waals surface area contributed by atoms with Crippen LogP contribution in [0.1, 0.15) is 37.2 Å². The molecule has 138 valence electrons. The second kappa shape index (κ2) is 7.36. The fraction of sp³-hybridized carbons (Fsp3) is 0.278. The number of H-pyrrole nitrogens is 1. The highest BCUT2D eigenvalue weighted by molar-refractivity contribution is 7.99. The molecule has 0 amide bonds. The van der Waals surface area contributed by atoms with Gasteiger partial charge in [-0.1, -0.05) is 42.0 Å². The molecule has 0 fully saturated rings. The third kappa shape index (κ3) is 3.50. The Bertz CT molecular complexity index is 1120.